The van der Waals surface area contributed by atoms with Gasteiger partial charge in [-0.3, -0.25) is 9.59 Å². The maximum atomic E-state index is 11.6. The average Bonchev–Trinajstić information content (AvgIpc) is 2.24. The fraction of sp³-hybridized carbons (Fsp3) is 0.500. The maximum Gasteiger partial charge on any atom is 0.296 e. The Morgan fingerprint density at radius 3 is 2.38 bits per heavy atom. The van der Waals surface area contributed by atoms with E-state index in [0.29, 0.717) is 6.42 Å². The van der Waals surface area contributed by atoms with Gasteiger partial charge in [-0.25, -0.2) is 0 Å². The van der Waals surface area contributed by atoms with Gasteiger partial charge in [0.25, 0.3) is 5.91 Å². The van der Waals surface area contributed by atoms with Crippen molar-refractivity contribution in [3.63, 3.8) is 0 Å². The van der Waals surface area contributed by atoms with Crippen molar-refractivity contribution < 1.29 is 9.59 Å². The number of carbonyl (C=O) groups excluding carboxylic acids is 2. The van der Waals surface area contributed by atoms with E-state index in [4.69, 9.17) is 12.8 Å². The Morgan fingerprint density at radius 2 is 1.94 bits per heavy atom. The Kier molecular flexibility index (Phi) is 6.47. The first kappa shape index (κ1) is 14.1. The van der Waals surface area contributed by atoms with Crippen molar-refractivity contribution in [2.24, 2.45) is 5.92 Å². The lowest BCUT2D eigenvalue weighted by Gasteiger charge is -2.18. The largest absolute Gasteiger partial charge is 0.343 e. The van der Waals surface area contributed by atoms with Gasteiger partial charge in [0.15, 0.2) is 0 Å². The van der Waals surface area contributed by atoms with E-state index in [1.165, 1.54) is 0 Å². The molecule has 4 nitrogen and oxygen atoms in total. The predicted octanol–water partition coefficient (Wildman–Crippen LogP) is -0.100. The summed E-state index contributed by atoms with van der Waals surface area (Å²) in [6, 6.07) is -0.628. The highest BCUT2D eigenvalue weighted by molar-refractivity contribution is 5.96. The predicted molar refractivity (Wildman–Crippen MR) is 62.1 cm³/mol. The Hall–Kier alpha value is -1.94. The fourth-order valence-corrected chi connectivity index (χ4v) is 1.16. The molecule has 0 aromatic heterocycles. The molecule has 0 aliphatic carbocycles. The highest BCUT2D eigenvalue weighted by Gasteiger charge is 2.20. The topological polar surface area (TPSA) is 58.2 Å². The first-order valence-corrected chi connectivity index (χ1v) is 4.99. The van der Waals surface area contributed by atoms with Crippen molar-refractivity contribution in [1.82, 2.24) is 10.6 Å². The number of rotatable bonds is 5. The SMILES string of the molecule is C#CCNC(=O)[C@H](CC(C)C)NC(=O)C#C. The minimum absolute atomic E-state index is 0.138. The number of carbonyl (C=O) groups is 2. The van der Waals surface area contributed by atoms with Crippen LogP contribution in [0.25, 0.3) is 0 Å². The fourth-order valence-electron chi connectivity index (χ4n) is 1.16. The van der Waals surface area contributed by atoms with Gasteiger partial charge in [0.1, 0.15) is 6.04 Å². The molecule has 4 heteroatoms. The zero-order valence-electron chi connectivity index (χ0n) is 9.54. The third-order valence-corrected chi connectivity index (χ3v) is 1.82. The molecular formula is C12H16N2O2. The van der Waals surface area contributed by atoms with Gasteiger partial charge in [0.2, 0.25) is 5.91 Å². The van der Waals surface area contributed by atoms with Crippen LogP contribution in [0.3, 0.4) is 0 Å². The molecule has 0 aromatic rings. The molecule has 0 spiro atoms. The average molecular weight is 220 g/mol. The van der Waals surface area contributed by atoms with Crippen LogP contribution in [0.5, 0.6) is 0 Å². The van der Waals surface area contributed by atoms with E-state index in [1.54, 1.807) is 0 Å². The summed E-state index contributed by atoms with van der Waals surface area (Å²) < 4.78 is 0. The van der Waals surface area contributed by atoms with Crippen LogP contribution < -0.4 is 10.6 Å². The molecule has 0 aromatic carbocycles. The molecule has 0 fully saturated rings. The van der Waals surface area contributed by atoms with Gasteiger partial charge >= 0.3 is 0 Å². The highest BCUT2D eigenvalue weighted by Crippen LogP contribution is 2.04. The molecule has 86 valence electrons. The molecule has 0 saturated heterocycles. The molecule has 16 heavy (non-hydrogen) atoms. The lowest BCUT2D eigenvalue weighted by Crippen LogP contribution is -2.47. The van der Waals surface area contributed by atoms with Crippen molar-refractivity contribution in [3.05, 3.63) is 0 Å². The Bertz CT molecular complexity index is 334. The second-order valence-electron chi connectivity index (χ2n) is 3.72. The number of amides is 2. The van der Waals surface area contributed by atoms with Crippen molar-refractivity contribution in [2.75, 3.05) is 6.54 Å². The monoisotopic (exact) mass is 220 g/mol. The van der Waals surface area contributed by atoms with E-state index < -0.39 is 11.9 Å². The molecule has 0 aliphatic heterocycles. The lowest BCUT2D eigenvalue weighted by atomic mass is 10.0. The van der Waals surface area contributed by atoms with E-state index in [9.17, 15) is 9.59 Å². The van der Waals surface area contributed by atoms with Crippen molar-refractivity contribution in [3.8, 4) is 24.7 Å². The van der Waals surface area contributed by atoms with E-state index in [-0.39, 0.29) is 18.4 Å². The molecule has 0 unspecified atom stereocenters. The number of nitrogens with one attached hydrogen (secondary N) is 2. The van der Waals surface area contributed by atoms with Crippen LogP contribution in [0.4, 0.5) is 0 Å². The van der Waals surface area contributed by atoms with Gasteiger partial charge in [-0.1, -0.05) is 19.8 Å². The Labute approximate surface area is 96.2 Å². The molecule has 0 radical (unpaired) electrons. The summed E-state index contributed by atoms with van der Waals surface area (Å²) in [6.07, 6.45) is 10.5. The van der Waals surface area contributed by atoms with Crippen molar-refractivity contribution >= 4 is 11.8 Å². The van der Waals surface area contributed by atoms with E-state index >= 15 is 0 Å². The Morgan fingerprint density at radius 1 is 1.31 bits per heavy atom. The van der Waals surface area contributed by atoms with Crippen molar-refractivity contribution in [2.45, 2.75) is 26.3 Å². The van der Waals surface area contributed by atoms with E-state index in [2.05, 4.69) is 16.6 Å². The molecule has 0 rings (SSSR count). The molecular weight excluding hydrogens is 204 g/mol. The minimum atomic E-state index is -0.628. The number of hydrogen-bond acceptors (Lipinski definition) is 2. The minimum Gasteiger partial charge on any atom is -0.343 e. The van der Waals surface area contributed by atoms with Gasteiger partial charge in [0.05, 0.1) is 6.54 Å². The smallest absolute Gasteiger partial charge is 0.296 e. The van der Waals surface area contributed by atoms with Gasteiger partial charge < -0.3 is 10.6 Å². The third kappa shape index (κ3) is 5.72. The van der Waals surface area contributed by atoms with Gasteiger partial charge in [-0.2, -0.15) is 0 Å². The highest BCUT2D eigenvalue weighted by atomic mass is 16.2. The molecule has 0 heterocycles. The quantitative estimate of drug-likeness (QED) is 0.636. The Balaban J connectivity index is 4.43. The summed E-state index contributed by atoms with van der Waals surface area (Å²) in [4.78, 5) is 22.6. The van der Waals surface area contributed by atoms with Crippen LogP contribution in [0, 0.1) is 30.6 Å². The zero-order valence-corrected chi connectivity index (χ0v) is 9.54. The maximum absolute atomic E-state index is 11.6. The molecule has 1 atom stereocenters. The lowest BCUT2D eigenvalue weighted by molar-refractivity contribution is -0.127. The van der Waals surface area contributed by atoms with Gasteiger partial charge in [-0.15, -0.1) is 12.8 Å². The van der Waals surface area contributed by atoms with E-state index in [0.717, 1.165) is 0 Å². The summed E-state index contributed by atoms with van der Waals surface area (Å²) >= 11 is 0. The number of hydrogen-bond donors (Lipinski definition) is 2. The normalized spacial score (nSPS) is 11.1. The van der Waals surface area contributed by atoms with Crippen molar-refractivity contribution in [1.29, 1.82) is 0 Å². The first-order valence-electron chi connectivity index (χ1n) is 4.99. The summed E-state index contributed by atoms with van der Waals surface area (Å²) in [7, 11) is 0. The summed E-state index contributed by atoms with van der Waals surface area (Å²) in [6.45, 7) is 4.03. The van der Waals surface area contributed by atoms with Gasteiger partial charge in [-0.05, 0) is 18.3 Å². The molecule has 0 aliphatic rings. The molecule has 2 amide bonds. The molecule has 0 saturated carbocycles. The summed E-state index contributed by atoms with van der Waals surface area (Å²) in [5, 5.41) is 4.96. The molecule has 0 bridgehead atoms. The summed E-state index contributed by atoms with van der Waals surface area (Å²) in [5.74, 6) is 3.56. The van der Waals surface area contributed by atoms with Crippen LogP contribution >= 0.6 is 0 Å². The standard InChI is InChI=1S/C12H16N2O2/c1-5-7-13-12(16)10(8-9(3)4)14-11(15)6-2/h1-2,9-10H,7-8H2,3-4H3,(H,13,16)(H,14,15)/t10-/m0/s1. The second-order valence-corrected chi connectivity index (χ2v) is 3.72. The van der Waals surface area contributed by atoms with Crippen LogP contribution in [0.15, 0.2) is 0 Å². The summed E-state index contributed by atoms with van der Waals surface area (Å²) in [5.41, 5.74) is 0. The second kappa shape index (κ2) is 7.36. The van der Waals surface area contributed by atoms with Crippen LogP contribution in [-0.4, -0.2) is 24.4 Å². The van der Waals surface area contributed by atoms with Crippen LogP contribution in [0.2, 0.25) is 0 Å². The van der Waals surface area contributed by atoms with E-state index in [1.807, 2.05) is 19.8 Å². The third-order valence-electron chi connectivity index (χ3n) is 1.82. The number of terminal acetylenes is 2. The van der Waals surface area contributed by atoms with Gasteiger partial charge in [0, 0.05) is 0 Å². The zero-order chi connectivity index (χ0) is 12.6. The van der Waals surface area contributed by atoms with Crippen LogP contribution in [-0.2, 0) is 9.59 Å². The molecule has 2 N–H and O–H groups in total. The van der Waals surface area contributed by atoms with Crippen LogP contribution in [0.1, 0.15) is 20.3 Å². The first-order chi connectivity index (χ1) is 7.51.